The van der Waals surface area contributed by atoms with Crippen LogP contribution in [0.15, 0.2) is 35.6 Å². The number of halogens is 2. The topological polar surface area (TPSA) is 85.1 Å². The number of aliphatic imine (C=N–C) groups is 1. The summed E-state index contributed by atoms with van der Waals surface area (Å²) in [5.41, 5.74) is 4.04. The van der Waals surface area contributed by atoms with Crippen molar-refractivity contribution in [1.82, 2.24) is 20.1 Å². The van der Waals surface area contributed by atoms with E-state index in [4.69, 9.17) is 21.2 Å². The molecule has 29 heavy (non-hydrogen) atoms. The maximum absolute atomic E-state index is 13.9. The summed E-state index contributed by atoms with van der Waals surface area (Å²) in [4.78, 5) is 14.6. The highest BCUT2D eigenvalue weighted by Crippen LogP contribution is 2.35. The van der Waals surface area contributed by atoms with Crippen molar-refractivity contribution in [3.63, 3.8) is 0 Å². The summed E-state index contributed by atoms with van der Waals surface area (Å²) in [6.45, 7) is 5.56. The first-order valence-corrected chi connectivity index (χ1v) is 9.33. The fourth-order valence-corrected chi connectivity index (χ4v) is 3.43. The molecule has 3 heterocycles. The zero-order chi connectivity index (χ0) is 20.8. The van der Waals surface area contributed by atoms with E-state index in [1.807, 2.05) is 20.8 Å². The molecule has 0 unspecified atom stereocenters. The summed E-state index contributed by atoms with van der Waals surface area (Å²) in [5, 5.41) is 7.77. The predicted molar refractivity (Wildman–Crippen MR) is 108 cm³/mol. The predicted octanol–water partition coefficient (Wildman–Crippen LogP) is 3.72. The Bertz CT molecular complexity index is 1110. The molecule has 8 nitrogen and oxygen atoms in total. The molecule has 2 N–H and O–H groups in total. The van der Waals surface area contributed by atoms with Gasteiger partial charge in [-0.15, -0.1) is 0 Å². The van der Waals surface area contributed by atoms with Crippen molar-refractivity contribution >= 4 is 28.9 Å². The zero-order valence-electron chi connectivity index (χ0n) is 16.3. The van der Waals surface area contributed by atoms with Gasteiger partial charge in [-0.2, -0.15) is 5.10 Å². The first-order chi connectivity index (χ1) is 13.8. The van der Waals surface area contributed by atoms with Crippen LogP contribution in [0.25, 0.3) is 5.65 Å². The smallest absolute Gasteiger partial charge is 0.182 e. The molecule has 0 radical (unpaired) electrons. The van der Waals surface area contributed by atoms with Gasteiger partial charge in [0.25, 0.3) is 0 Å². The number of aromatic nitrogens is 3. The van der Waals surface area contributed by atoms with Crippen LogP contribution >= 0.6 is 11.6 Å². The first kappa shape index (κ1) is 19.4. The van der Waals surface area contributed by atoms with Crippen molar-refractivity contribution in [2.75, 3.05) is 12.4 Å². The van der Waals surface area contributed by atoms with Crippen LogP contribution in [0.5, 0.6) is 5.75 Å². The van der Waals surface area contributed by atoms with Crippen LogP contribution in [0.1, 0.15) is 37.9 Å². The lowest BCUT2D eigenvalue weighted by Gasteiger charge is -2.19. The molecule has 3 aromatic rings. The molecule has 0 saturated heterocycles. The minimum Gasteiger partial charge on any atom is -0.495 e. The third-order valence-corrected chi connectivity index (χ3v) is 4.76. The molecule has 2 aromatic heterocycles. The fourth-order valence-electron chi connectivity index (χ4n) is 3.14. The fraction of sp³-hybridized carbons (Fsp3) is 0.316. The van der Waals surface area contributed by atoms with Crippen LogP contribution < -0.4 is 15.5 Å². The molecule has 0 saturated carbocycles. The van der Waals surface area contributed by atoms with E-state index >= 15 is 0 Å². The van der Waals surface area contributed by atoms with Crippen LogP contribution in [0.2, 0.25) is 5.02 Å². The average Bonchev–Trinajstić information content (AvgIpc) is 3.23. The van der Waals surface area contributed by atoms with Gasteiger partial charge in [0.05, 0.1) is 29.9 Å². The lowest BCUT2D eigenvalue weighted by Crippen LogP contribution is -2.23. The molecule has 0 bridgehead atoms. The highest BCUT2D eigenvalue weighted by Gasteiger charge is 2.28. The Kier molecular flexibility index (Phi) is 4.79. The van der Waals surface area contributed by atoms with E-state index in [0.29, 0.717) is 34.2 Å². The van der Waals surface area contributed by atoms with Crippen molar-refractivity contribution in [2.24, 2.45) is 4.99 Å². The molecular weight excluding hydrogens is 399 g/mol. The van der Waals surface area contributed by atoms with E-state index in [1.165, 1.54) is 19.2 Å². The standard InChI is InChI=1S/C19H20ClFN6O2/c1-10(12-7-11(21)8-14(20)16(12)28-4)23-15-5-6-27-18(24-15)13(9-22-27)17-25-19(2,3)29-26-17/h5-10H,1-4H3,(H,23,24)(H,25,26)/t10-/m0/s1. The molecule has 0 spiro atoms. The van der Waals surface area contributed by atoms with Crippen molar-refractivity contribution in [3.8, 4) is 5.75 Å². The molecule has 1 atom stereocenters. The first-order valence-electron chi connectivity index (χ1n) is 8.95. The molecule has 10 heteroatoms. The number of hydrogen-bond acceptors (Lipinski definition) is 7. The van der Waals surface area contributed by atoms with Crippen molar-refractivity contribution in [1.29, 1.82) is 0 Å². The van der Waals surface area contributed by atoms with Crippen molar-refractivity contribution in [3.05, 3.63) is 52.6 Å². The van der Waals surface area contributed by atoms with Gasteiger partial charge in [-0.1, -0.05) is 11.6 Å². The highest BCUT2D eigenvalue weighted by atomic mass is 35.5. The number of methoxy groups -OCH3 is 1. The van der Waals surface area contributed by atoms with Gasteiger partial charge in [0.1, 0.15) is 17.4 Å². The van der Waals surface area contributed by atoms with Gasteiger partial charge in [0.15, 0.2) is 17.2 Å². The third-order valence-electron chi connectivity index (χ3n) is 4.47. The van der Waals surface area contributed by atoms with Gasteiger partial charge in [-0.3, -0.25) is 0 Å². The summed E-state index contributed by atoms with van der Waals surface area (Å²) in [7, 11) is 1.50. The lowest BCUT2D eigenvalue weighted by molar-refractivity contribution is -0.0269. The van der Waals surface area contributed by atoms with E-state index < -0.39 is 11.5 Å². The Morgan fingerprint density at radius 2 is 2.17 bits per heavy atom. The van der Waals surface area contributed by atoms with Gasteiger partial charge in [0, 0.05) is 11.8 Å². The second-order valence-corrected chi connectivity index (χ2v) is 7.53. The number of benzene rings is 1. The van der Waals surface area contributed by atoms with Gasteiger partial charge >= 0.3 is 0 Å². The second-order valence-electron chi connectivity index (χ2n) is 7.13. The summed E-state index contributed by atoms with van der Waals surface area (Å²) in [6.07, 6.45) is 3.44. The Morgan fingerprint density at radius 1 is 1.38 bits per heavy atom. The number of ether oxygens (including phenoxy) is 1. The molecular formula is C19H20ClFN6O2. The van der Waals surface area contributed by atoms with Gasteiger partial charge in [0.2, 0.25) is 0 Å². The summed E-state index contributed by atoms with van der Waals surface area (Å²) in [5.74, 6) is 1.12. The van der Waals surface area contributed by atoms with Gasteiger partial charge < -0.3 is 10.1 Å². The minimum absolute atomic E-state index is 0.213. The van der Waals surface area contributed by atoms with E-state index in [0.717, 1.165) is 0 Å². The zero-order valence-corrected chi connectivity index (χ0v) is 17.1. The Labute approximate surface area is 171 Å². The molecule has 0 amide bonds. The van der Waals surface area contributed by atoms with Crippen molar-refractivity contribution in [2.45, 2.75) is 32.5 Å². The largest absolute Gasteiger partial charge is 0.495 e. The molecule has 152 valence electrons. The molecule has 1 aromatic carbocycles. The molecule has 1 aliphatic heterocycles. The number of rotatable bonds is 5. The normalized spacial score (nSPS) is 16.4. The Morgan fingerprint density at radius 3 is 2.86 bits per heavy atom. The number of amidine groups is 1. The molecule has 4 rings (SSSR count). The third kappa shape index (κ3) is 3.70. The van der Waals surface area contributed by atoms with Crippen molar-refractivity contribution < 1.29 is 14.0 Å². The van der Waals surface area contributed by atoms with Gasteiger partial charge in [-0.25, -0.2) is 29.2 Å². The van der Waals surface area contributed by atoms with Crippen LogP contribution in [0.4, 0.5) is 10.2 Å². The number of nitrogens with zero attached hydrogens (tertiary/aromatic N) is 4. The Hall–Kier alpha value is -2.91. The summed E-state index contributed by atoms with van der Waals surface area (Å²) in [6, 6.07) is 4.07. The van der Waals surface area contributed by atoms with E-state index in [2.05, 4.69) is 25.9 Å². The summed E-state index contributed by atoms with van der Waals surface area (Å²) >= 11 is 6.11. The molecule has 1 aliphatic rings. The van der Waals surface area contributed by atoms with Crippen LogP contribution in [0, 0.1) is 5.82 Å². The molecule has 0 fully saturated rings. The van der Waals surface area contributed by atoms with Crippen LogP contribution in [0.3, 0.4) is 0 Å². The number of fused-ring (bicyclic) bond motifs is 1. The second kappa shape index (κ2) is 7.16. The maximum atomic E-state index is 13.9. The maximum Gasteiger partial charge on any atom is 0.182 e. The number of anilines is 1. The lowest BCUT2D eigenvalue weighted by atomic mass is 10.1. The number of hydroxylamine groups is 1. The quantitative estimate of drug-likeness (QED) is 0.656. The SMILES string of the molecule is COc1c(Cl)cc(F)cc1[C@H](C)Nc1ccn2ncc(C3=NC(C)(C)ON3)c2n1. The number of hydrogen-bond donors (Lipinski definition) is 2. The molecule has 0 aliphatic carbocycles. The average molecular weight is 419 g/mol. The van der Waals surface area contributed by atoms with E-state index in [-0.39, 0.29) is 11.1 Å². The Balaban J connectivity index is 1.67. The van der Waals surface area contributed by atoms with Crippen LogP contribution in [-0.4, -0.2) is 33.3 Å². The van der Waals surface area contributed by atoms with Gasteiger partial charge in [-0.05, 0) is 39.0 Å². The van der Waals surface area contributed by atoms with E-state index in [9.17, 15) is 4.39 Å². The highest BCUT2D eigenvalue weighted by molar-refractivity contribution is 6.32. The minimum atomic E-state index is -0.666. The van der Waals surface area contributed by atoms with E-state index in [1.54, 1.807) is 23.0 Å². The monoisotopic (exact) mass is 418 g/mol. The number of nitrogens with one attached hydrogen (secondary N) is 2. The van der Waals surface area contributed by atoms with Crippen LogP contribution in [-0.2, 0) is 4.84 Å². The summed E-state index contributed by atoms with van der Waals surface area (Å²) < 4.78 is 20.9.